The summed E-state index contributed by atoms with van der Waals surface area (Å²) in [4.78, 5) is 47.6. The second kappa shape index (κ2) is 14.8. The minimum absolute atomic E-state index is 0.000891. The third kappa shape index (κ3) is 6.13. The Bertz CT molecular complexity index is 3530. The molecule has 5 aromatic heterocycles. The Kier molecular flexibility index (Phi) is 9.19. The molecule has 0 spiro atoms. The van der Waals surface area contributed by atoms with E-state index in [2.05, 4.69) is 15.2 Å². The molecule has 1 saturated carbocycles. The van der Waals surface area contributed by atoms with Crippen LogP contribution in [0.5, 0.6) is 0 Å². The fraction of sp³-hybridized carbons (Fsp3) is 0.388. The van der Waals surface area contributed by atoms with Gasteiger partial charge in [-0.3, -0.25) is 28.1 Å². The number of hydrogen-bond acceptors (Lipinski definition) is 9. The van der Waals surface area contributed by atoms with Gasteiger partial charge in [0.15, 0.2) is 11.6 Å². The van der Waals surface area contributed by atoms with Crippen LogP contribution >= 0.6 is 0 Å². The second-order valence-electron chi connectivity index (χ2n) is 19.6. The van der Waals surface area contributed by atoms with E-state index in [1.807, 2.05) is 26.8 Å². The maximum Gasteiger partial charge on any atom is 0.438 e. The van der Waals surface area contributed by atoms with Gasteiger partial charge in [0, 0.05) is 43.4 Å². The van der Waals surface area contributed by atoms with E-state index in [1.54, 1.807) is 70.1 Å². The van der Waals surface area contributed by atoms with Crippen LogP contribution in [0.2, 0.25) is 0 Å². The third-order valence-corrected chi connectivity index (χ3v) is 14.8. The summed E-state index contributed by atoms with van der Waals surface area (Å²) in [6, 6.07) is 10.3. The molecule has 8 heterocycles. The van der Waals surface area contributed by atoms with Gasteiger partial charge in [-0.1, -0.05) is 12.1 Å². The van der Waals surface area contributed by atoms with Crippen LogP contribution in [-0.4, -0.2) is 85.7 Å². The van der Waals surface area contributed by atoms with Crippen molar-refractivity contribution in [2.45, 2.75) is 89.4 Å². The number of nitrogens with zero attached hydrogens (tertiary/aromatic N) is 9. The van der Waals surface area contributed by atoms with Crippen LogP contribution in [0.3, 0.4) is 0 Å². The summed E-state index contributed by atoms with van der Waals surface area (Å²) >= 11 is 0. The largest absolute Gasteiger partial charge is 0.438 e. The molecule has 3 aromatic carbocycles. The molecule has 3 aliphatic heterocycles. The van der Waals surface area contributed by atoms with E-state index >= 15 is 18.0 Å². The minimum Gasteiger partial charge on any atom is -0.377 e. The normalized spacial score (nSPS) is 23.2. The molecule has 0 radical (unpaired) electrons. The lowest BCUT2D eigenvalue weighted by Crippen LogP contribution is -2.55. The van der Waals surface area contributed by atoms with E-state index in [9.17, 15) is 9.59 Å². The first kappa shape index (κ1) is 42.4. The molecular formula is C49H47F3N10O6. The number of benzene rings is 3. The number of amides is 1. The maximum atomic E-state index is 17.2. The van der Waals surface area contributed by atoms with Crippen LogP contribution < -0.4 is 11.4 Å². The Balaban J connectivity index is 1.04. The number of carbonyl (C=O) groups excluding carboxylic acids is 1. The Morgan fingerprint density at radius 3 is 2.44 bits per heavy atom. The summed E-state index contributed by atoms with van der Waals surface area (Å²) in [5.41, 5.74) is 1.81. The number of fused-ring (bicyclic) bond motifs is 6. The quantitative estimate of drug-likeness (QED) is 0.178. The number of halogens is 3. The zero-order valence-electron chi connectivity index (χ0n) is 38.1. The van der Waals surface area contributed by atoms with E-state index in [4.69, 9.17) is 19.1 Å². The number of carbonyl (C=O) groups is 1. The molecule has 19 heteroatoms. The molecule has 1 aliphatic carbocycles. The standard InChI is InChI=1S/C49H47F3N10O6/c1-24-13-30(14-25(2)40(24)51)62-43(59-11-10-58(47(59)65)36-8-7-35-32(41(36)52)21-53-57(35)6)39-34(55-62)18-31-22-66-23-38(39)60(31)44(63)37-17-29-15-28(27-9-12-67-48(4,5)20-27)16-33(50)42(29)61(37)49(19-26(49)3)45-54-46(64)68-56-45/h7-8,10-11,13-17,21,26-27,31,38H,9,12,18-20,22-23H2,1-6H3,(H,54,56,64)/t26-,27?,31-,38-,49-/m0/s1. The van der Waals surface area contributed by atoms with Gasteiger partial charge in [-0.05, 0) is 118 Å². The van der Waals surface area contributed by atoms with Crippen molar-refractivity contribution in [2.75, 3.05) is 19.8 Å². The van der Waals surface area contributed by atoms with Gasteiger partial charge in [-0.25, -0.2) is 27.4 Å². The molecule has 16 nitrogen and oxygen atoms in total. The van der Waals surface area contributed by atoms with E-state index in [0.29, 0.717) is 64.8 Å². The number of rotatable bonds is 7. The molecule has 1 amide bonds. The molecule has 1 unspecified atom stereocenters. The van der Waals surface area contributed by atoms with Crippen molar-refractivity contribution in [1.82, 2.24) is 48.3 Å². The van der Waals surface area contributed by atoms with Gasteiger partial charge in [0.2, 0.25) is 0 Å². The summed E-state index contributed by atoms with van der Waals surface area (Å²) in [7, 11) is 1.70. The molecule has 8 aromatic rings. The molecule has 2 bridgehead atoms. The maximum absolute atomic E-state index is 17.2. The first-order valence-electron chi connectivity index (χ1n) is 22.8. The van der Waals surface area contributed by atoms with Gasteiger partial charge in [-0.2, -0.15) is 10.2 Å². The Morgan fingerprint density at radius 1 is 0.956 bits per heavy atom. The Morgan fingerprint density at radius 2 is 1.72 bits per heavy atom. The highest BCUT2D eigenvalue weighted by molar-refractivity contribution is 6.00. The predicted octanol–water partition coefficient (Wildman–Crippen LogP) is 6.96. The first-order chi connectivity index (χ1) is 32.5. The number of morpholine rings is 1. The van der Waals surface area contributed by atoms with Gasteiger partial charge in [0.1, 0.15) is 28.7 Å². The zero-order chi connectivity index (χ0) is 47.3. The average Bonchev–Trinajstić information content (AvgIpc) is 3.93. The highest BCUT2D eigenvalue weighted by Gasteiger charge is 2.60. The van der Waals surface area contributed by atoms with Crippen LogP contribution in [-0.2, 0) is 28.5 Å². The van der Waals surface area contributed by atoms with Crippen molar-refractivity contribution in [1.29, 1.82) is 0 Å². The number of nitrogens with one attached hydrogen (secondary N) is 1. The van der Waals surface area contributed by atoms with Crippen molar-refractivity contribution in [3.8, 4) is 17.2 Å². The van der Waals surface area contributed by atoms with Crippen molar-refractivity contribution in [3.63, 3.8) is 0 Å². The molecule has 5 atom stereocenters. The van der Waals surface area contributed by atoms with Crippen LogP contribution in [0.1, 0.15) is 96.3 Å². The highest BCUT2D eigenvalue weighted by Crippen LogP contribution is 2.56. The van der Waals surface area contributed by atoms with E-state index < -0.39 is 52.2 Å². The van der Waals surface area contributed by atoms with E-state index in [-0.39, 0.29) is 71.2 Å². The molecule has 3 fully saturated rings. The number of imidazole rings is 1. The molecule has 68 heavy (non-hydrogen) atoms. The SMILES string of the molecule is Cc1cc(-n2nc3c(c2-n2ccn(-c4ccc5c(cnn5C)c4F)c2=O)[C@@H]2COC[C@H](C3)N2C(=O)c2cc3cc(C4CCOC(C)(C)C4)cc(F)c3n2[C@@]2(c3noc(=O)[nH]3)C[C@@H]2C)cc(C)c1F. The summed E-state index contributed by atoms with van der Waals surface area (Å²) < 4.78 is 73.2. The average molecular weight is 929 g/mol. The van der Waals surface area contributed by atoms with Crippen LogP contribution in [0, 0.1) is 37.2 Å². The fourth-order valence-electron chi connectivity index (χ4n) is 11.5. The second-order valence-corrected chi connectivity index (χ2v) is 19.6. The number of aromatic nitrogens is 9. The zero-order valence-corrected chi connectivity index (χ0v) is 38.1. The monoisotopic (exact) mass is 928 g/mol. The van der Waals surface area contributed by atoms with E-state index in [1.165, 1.54) is 33.8 Å². The van der Waals surface area contributed by atoms with Gasteiger partial charge in [-0.15, -0.1) is 0 Å². The van der Waals surface area contributed by atoms with Crippen molar-refractivity contribution >= 4 is 27.7 Å². The summed E-state index contributed by atoms with van der Waals surface area (Å²) in [6.45, 7) is 9.97. The highest BCUT2D eigenvalue weighted by atomic mass is 19.1. The molecule has 350 valence electrons. The van der Waals surface area contributed by atoms with Crippen LogP contribution in [0.15, 0.2) is 75.2 Å². The Labute approximate surface area is 385 Å². The molecule has 4 aliphatic rings. The number of aromatic amines is 1. The summed E-state index contributed by atoms with van der Waals surface area (Å²) in [5, 5.41) is 14.1. The van der Waals surface area contributed by atoms with Gasteiger partial charge < -0.3 is 18.9 Å². The number of ether oxygens (including phenoxy) is 2. The fourth-order valence-corrected chi connectivity index (χ4v) is 11.5. The topological polar surface area (TPSA) is 165 Å². The smallest absolute Gasteiger partial charge is 0.377 e. The minimum atomic E-state index is -1.13. The van der Waals surface area contributed by atoms with Crippen LogP contribution in [0.4, 0.5) is 13.2 Å². The number of aryl methyl sites for hydroxylation is 3. The summed E-state index contributed by atoms with van der Waals surface area (Å²) in [6.07, 6.45) is 6.40. The summed E-state index contributed by atoms with van der Waals surface area (Å²) in [5.74, 6) is -2.50. The third-order valence-electron chi connectivity index (χ3n) is 14.8. The Hall–Kier alpha value is -6.99. The van der Waals surface area contributed by atoms with Gasteiger partial charge >= 0.3 is 11.4 Å². The predicted molar refractivity (Wildman–Crippen MR) is 241 cm³/mol. The lowest BCUT2D eigenvalue weighted by atomic mass is 9.83. The number of H-pyrrole nitrogens is 1. The molecule has 1 N–H and O–H groups in total. The van der Waals surface area contributed by atoms with Crippen molar-refractivity contribution in [2.24, 2.45) is 13.0 Å². The van der Waals surface area contributed by atoms with Gasteiger partial charge in [0.05, 0.1) is 70.6 Å². The number of hydrogen-bond donors (Lipinski definition) is 1. The lowest BCUT2D eigenvalue weighted by Gasteiger charge is -2.45. The molecular weight excluding hydrogens is 882 g/mol. The van der Waals surface area contributed by atoms with Crippen molar-refractivity contribution in [3.05, 3.63) is 139 Å². The first-order valence-corrected chi connectivity index (χ1v) is 22.8. The van der Waals surface area contributed by atoms with E-state index in [0.717, 1.165) is 5.56 Å². The molecule has 2 saturated heterocycles. The lowest BCUT2D eigenvalue weighted by molar-refractivity contribution is -0.0593. The van der Waals surface area contributed by atoms with Gasteiger partial charge in [0.25, 0.3) is 5.91 Å². The van der Waals surface area contributed by atoms with Crippen molar-refractivity contribution < 1.29 is 32.0 Å². The molecule has 12 rings (SSSR count). The van der Waals surface area contributed by atoms with Crippen LogP contribution in [0.25, 0.3) is 39.0 Å².